The molecule has 0 unspecified atom stereocenters. The Kier molecular flexibility index (Phi) is 4.17. The highest BCUT2D eigenvalue weighted by atomic mass is 16.6. The number of nitrogens with two attached hydrogens (primary N) is 1. The second-order valence-corrected chi connectivity index (χ2v) is 4.43. The average molecular weight is 289 g/mol. The molecule has 0 aliphatic carbocycles. The van der Waals surface area contributed by atoms with E-state index < -0.39 is 10.8 Å². The number of nitro groups is 1. The fourth-order valence-electron chi connectivity index (χ4n) is 1.80. The molecule has 0 saturated heterocycles. The van der Waals surface area contributed by atoms with Crippen molar-refractivity contribution in [1.82, 2.24) is 9.78 Å². The number of hydrogen-bond acceptors (Lipinski definition) is 5. The van der Waals surface area contributed by atoms with Gasteiger partial charge in [0, 0.05) is 30.6 Å². The average Bonchev–Trinajstić information content (AvgIpc) is 2.94. The topological polar surface area (TPSA) is 116 Å². The van der Waals surface area contributed by atoms with E-state index in [0.29, 0.717) is 17.9 Å². The summed E-state index contributed by atoms with van der Waals surface area (Å²) < 4.78 is 1.38. The predicted molar refractivity (Wildman–Crippen MR) is 77.5 cm³/mol. The van der Waals surface area contributed by atoms with Gasteiger partial charge in [-0.2, -0.15) is 5.10 Å². The first kappa shape index (κ1) is 14.5. The Morgan fingerprint density at radius 3 is 2.81 bits per heavy atom. The van der Waals surface area contributed by atoms with E-state index >= 15 is 0 Å². The standard InChI is InChI=1S/C13H15N5O3/c1-2-4-15-9-6-10(8-11(7-9)18(20)21)17-5-3-12(16-17)13(14)19/h3,5-8,15H,2,4H2,1H3,(H2,14,19). The van der Waals surface area contributed by atoms with Gasteiger partial charge < -0.3 is 11.1 Å². The molecule has 0 bridgehead atoms. The SMILES string of the molecule is CCCNc1cc(-n2ccc(C(N)=O)n2)cc([N+](=O)[O-])c1. The van der Waals surface area contributed by atoms with Crippen molar-refractivity contribution < 1.29 is 9.72 Å². The third-order valence-corrected chi connectivity index (χ3v) is 2.80. The predicted octanol–water partition coefficient (Wildman–Crippen LogP) is 1.70. The molecule has 21 heavy (non-hydrogen) atoms. The van der Waals surface area contributed by atoms with Gasteiger partial charge in [-0.1, -0.05) is 6.92 Å². The number of hydrogen-bond donors (Lipinski definition) is 2. The Balaban J connectivity index is 2.42. The van der Waals surface area contributed by atoms with Crippen LogP contribution in [0.2, 0.25) is 0 Å². The van der Waals surface area contributed by atoms with Gasteiger partial charge in [-0.05, 0) is 18.6 Å². The second kappa shape index (κ2) is 6.04. The Hall–Kier alpha value is -2.90. The van der Waals surface area contributed by atoms with Crippen LogP contribution in [-0.4, -0.2) is 27.2 Å². The molecule has 2 rings (SSSR count). The van der Waals surface area contributed by atoms with Gasteiger partial charge in [0.05, 0.1) is 10.6 Å². The molecule has 0 radical (unpaired) electrons. The van der Waals surface area contributed by atoms with Gasteiger partial charge >= 0.3 is 0 Å². The number of amides is 1. The minimum atomic E-state index is -0.650. The second-order valence-electron chi connectivity index (χ2n) is 4.43. The zero-order valence-corrected chi connectivity index (χ0v) is 11.4. The van der Waals surface area contributed by atoms with E-state index in [0.717, 1.165) is 6.42 Å². The monoisotopic (exact) mass is 289 g/mol. The summed E-state index contributed by atoms with van der Waals surface area (Å²) >= 11 is 0. The Bertz CT molecular complexity index is 680. The van der Waals surface area contributed by atoms with E-state index in [1.165, 1.54) is 29.1 Å². The van der Waals surface area contributed by atoms with Crippen LogP contribution in [0.1, 0.15) is 23.8 Å². The molecule has 8 nitrogen and oxygen atoms in total. The lowest BCUT2D eigenvalue weighted by molar-refractivity contribution is -0.384. The van der Waals surface area contributed by atoms with E-state index in [9.17, 15) is 14.9 Å². The third kappa shape index (κ3) is 3.35. The van der Waals surface area contributed by atoms with Crippen LogP contribution < -0.4 is 11.1 Å². The molecule has 1 aromatic carbocycles. The van der Waals surface area contributed by atoms with Crippen LogP contribution in [0.3, 0.4) is 0 Å². The molecule has 1 amide bonds. The number of primary amides is 1. The van der Waals surface area contributed by atoms with Crippen molar-refractivity contribution in [2.45, 2.75) is 13.3 Å². The number of aromatic nitrogens is 2. The third-order valence-electron chi connectivity index (χ3n) is 2.80. The summed E-state index contributed by atoms with van der Waals surface area (Å²) in [6, 6.07) is 6.02. The first-order valence-electron chi connectivity index (χ1n) is 6.40. The van der Waals surface area contributed by atoms with Gasteiger partial charge in [-0.3, -0.25) is 14.9 Å². The normalized spacial score (nSPS) is 10.3. The van der Waals surface area contributed by atoms with Crippen LogP contribution in [0.5, 0.6) is 0 Å². The first-order valence-corrected chi connectivity index (χ1v) is 6.40. The fourth-order valence-corrected chi connectivity index (χ4v) is 1.80. The van der Waals surface area contributed by atoms with Crippen molar-refractivity contribution >= 4 is 17.3 Å². The molecule has 8 heteroatoms. The molecular weight excluding hydrogens is 274 g/mol. The van der Waals surface area contributed by atoms with E-state index in [-0.39, 0.29) is 11.4 Å². The van der Waals surface area contributed by atoms with Gasteiger partial charge in [0.25, 0.3) is 11.6 Å². The van der Waals surface area contributed by atoms with Crippen molar-refractivity contribution in [3.05, 3.63) is 46.3 Å². The highest BCUT2D eigenvalue weighted by Crippen LogP contribution is 2.23. The fraction of sp³-hybridized carbons (Fsp3) is 0.231. The van der Waals surface area contributed by atoms with Crippen LogP contribution in [0.4, 0.5) is 11.4 Å². The van der Waals surface area contributed by atoms with Crippen molar-refractivity contribution in [3.8, 4) is 5.69 Å². The molecular formula is C13H15N5O3. The van der Waals surface area contributed by atoms with E-state index in [2.05, 4.69) is 10.4 Å². The van der Waals surface area contributed by atoms with Crippen LogP contribution in [0.15, 0.2) is 30.5 Å². The molecule has 0 saturated carbocycles. The largest absolute Gasteiger partial charge is 0.385 e. The molecule has 0 aliphatic rings. The van der Waals surface area contributed by atoms with Crippen LogP contribution in [0.25, 0.3) is 5.69 Å². The number of benzene rings is 1. The number of anilines is 1. The molecule has 3 N–H and O–H groups in total. The van der Waals surface area contributed by atoms with E-state index in [4.69, 9.17) is 5.73 Å². The molecule has 1 heterocycles. The van der Waals surface area contributed by atoms with Gasteiger partial charge in [-0.25, -0.2) is 4.68 Å². The summed E-state index contributed by atoms with van der Waals surface area (Å²) in [4.78, 5) is 21.6. The van der Waals surface area contributed by atoms with Gasteiger partial charge in [-0.15, -0.1) is 0 Å². The van der Waals surface area contributed by atoms with Crippen molar-refractivity contribution in [1.29, 1.82) is 0 Å². The van der Waals surface area contributed by atoms with Crippen molar-refractivity contribution in [2.75, 3.05) is 11.9 Å². The maximum atomic E-state index is 11.1. The van der Waals surface area contributed by atoms with Crippen molar-refractivity contribution in [3.63, 3.8) is 0 Å². The summed E-state index contributed by atoms with van der Waals surface area (Å²) in [5.41, 5.74) is 6.30. The highest BCUT2D eigenvalue weighted by Gasteiger charge is 2.12. The number of rotatable bonds is 6. The van der Waals surface area contributed by atoms with Crippen LogP contribution in [-0.2, 0) is 0 Å². The first-order chi connectivity index (χ1) is 10.0. The Morgan fingerprint density at radius 1 is 1.48 bits per heavy atom. The van der Waals surface area contributed by atoms with Gasteiger partial charge in [0.2, 0.25) is 0 Å². The summed E-state index contributed by atoms with van der Waals surface area (Å²) in [7, 11) is 0. The van der Waals surface area contributed by atoms with E-state index in [1.807, 2.05) is 6.92 Å². The van der Waals surface area contributed by atoms with Crippen LogP contribution >= 0.6 is 0 Å². The molecule has 0 spiro atoms. The lowest BCUT2D eigenvalue weighted by atomic mass is 10.2. The quantitative estimate of drug-likeness (QED) is 0.620. The number of nitro benzene ring substituents is 1. The summed E-state index contributed by atoms with van der Waals surface area (Å²) in [5, 5.41) is 18.1. The summed E-state index contributed by atoms with van der Waals surface area (Å²) in [6.45, 7) is 2.70. The van der Waals surface area contributed by atoms with Crippen molar-refractivity contribution in [2.24, 2.45) is 5.73 Å². The van der Waals surface area contributed by atoms with Crippen LogP contribution in [0, 0.1) is 10.1 Å². The number of carbonyl (C=O) groups is 1. The molecule has 0 fully saturated rings. The Morgan fingerprint density at radius 2 is 2.24 bits per heavy atom. The number of carbonyl (C=O) groups excluding carboxylic acids is 1. The maximum Gasteiger partial charge on any atom is 0.273 e. The number of nitrogens with one attached hydrogen (secondary N) is 1. The molecule has 0 atom stereocenters. The lowest BCUT2D eigenvalue weighted by Crippen LogP contribution is -2.12. The summed E-state index contributed by atoms with van der Waals surface area (Å²) in [6.07, 6.45) is 2.42. The minimum absolute atomic E-state index is 0.0535. The zero-order chi connectivity index (χ0) is 15.4. The number of nitrogens with zero attached hydrogens (tertiary/aromatic N) is 3. The maximum absolute atomic E-state index is 11.1. The zero-order valence-electron chi connectivity index (χ0n) is 11.4. The smallest absolute Gasteiger partial charge is 0.273 e. The van der Waals surface area contributed by atoms with Gasteiger partial charge in [0.15, 0.2) is 0 Å². The summed E-state index contributed by atoms with van der Waals surface area (Å²) in [5.74, 6) is -0.650. The molecule has 110 valence electrons. The van der Waals surface area contributed by atoms with E-state index in [1.54, 1.807) is 6.07 Å². The van der Waals surface area contributed by atoms with Gasteiger partial charge in [0.1, 0.15) is 5.69 Å². The minimum Gasteiger partial charge on any atom is -0.385 e. The molecule has 2 aromatic rings. The molecule has 0 aliphatic heterocycles. The molecule has 1 aromatic heterocycles. The number of non-ortho nitro benzene ring substituents is 1. The highest BCUT2D eigenvalue weighted by molar-refractivity contribution is 5.90. The lowest BCUT2D eigenvalue weighted by Gasteiger charge is -2.08. The Labute approximate surface area is 120 Å².